The Hall–Kier alpha value is -3.61. The molecule has 1 fully saturated rings. The molecule has 4 aromatic rings. The Kier molecular flexibility index (Phi) is 4.71. The fourth-order valence-corrected chi connectivity index (χ4v) is 4.02. The minimum Gasteiger partial charge on any atom is -0.338 e. The van der Waals surface area contributed by atoms with Gasteiger partial charge in [-0.3, -0.25) is 14.8 Å². The molecule has 0 aromatic carbocycles. The first kappa shape index (κ1) is 18.4. The van der Waals surface area contributed by atoms with Crippen molar-refractivity contribution in [3.8, 4) is 11.1 Å². The van der Waals surface area contributed by atoms with Gasteiger partial charge < -0.3 is 4.90 Å². The van der Waals surface area contributed by atoms with Gasteiger partial charge in [-0.05, 0) is 61.2 Å². The Balaban J connectivity index is 1.39. The van der Waals surface area contributed by atoms with Crippen LogP contribution in [0.3, 0.4) is 0 Å². The van der Waals surface area contributed by atoms with Gasteiger partial charge >= 0.3 is 0 Å². The molecule has 0 N–H and O–H groups in total. The zero-order valence-electron chi connectivity index (χ0n) is 16.8. The molecular weight excluding hydrogens is 376 g/mol. The largest absolute Gasteiger partial charge is 0.338 e. The maximum Gasteiger partial charge on any atom is 0.255 e. The summed E-state index contributed by atoms with van der Waals surface area (Å²) in [7, 11) is 0. The first-order valence-corrected chi connectivity index (χ1v) is 10.1. The minimum absolute atomic E-state index is 0.0274. The number of likely N-dealkylation sites (tertiary alicyclic amines) is 1. The molecule has 1 amide bonds. The highest BCUT2D eigenvalue weighted by Gasteiger charge is 2.28. The molecule has 0 unspecified atom stereocenters. The van der Waals surface area contributed by atoms with Crippen LogP contribution < -0.4 is 0 Å². The van der Waals surface area contributed by atoms with E-state index in [0.717, 1.165) is 47.5 Å². The topological polar surface area (TPSA) is 76.3 Å². The van der Waals surface area contributed by atoms with Gasteiger partial charge in [0.15, 0.2) is 11.5 Å². The van der Waals surface area contributed by atoms with Crippen LogP contribution in [-0.4, -0.2) is 48.5 Å². The zero-order valence-corrected chi connectivity index (χ0v) is 16.8. The van der Waals surface area contributed by atoms with Gasteiger partial charge in [-0.25, -0.2) is 9.50 Å². The molecule has 150 valence electrons. The van der Waals surface area contributed by atoms with Crippen LogP contribution in [0.4, 0.5) is 0 Å². The van der Waals surface area contributed by atoms with E-state index in [1.165, 1.54) is 0 Å². The number of rotatable bonds is 3. The predicted molar refractivity (Wildman–Crippen MR) is 113 cm³/mol. The summed E-state index contributed by atoms with van der Waals surface area (Å²) < 4.78 is 1.83. The lowest BCUT2D eigenvalue weighted by Crippen LogP contribution is -2.39. The van der Waals surface area contributed by atoms with Gasteiger partial charge in [-0.15, -0.1) is 0 Å². The Morgan fingerprint density at radius 3 is 2.77 bits per heavy atom. The molecule has 1 atom stereocenters. The SMILES string of the molecule is Cc1cncc(C(=O)N2CCC[C@@H](c3nc4ccc(-c5ccncc5)cn4n3)C2)c1. The van der Waals surface area contributed by atoms with Crippen molar-refractivity contribution in [3.05, 3.63) is 78.3 Å². The molecule has 4 aromatic heterocycles. The van der Waals surface area contributed by atoms with E-state index in [-0.39, 0.29) is 11.8 Å². The molecule has 0 bridgehead atoms. The summed E-state index contributed by atoms with van der Waals surface area (Å²) in [5, 5.41) is 4.74. The van der Waals surface area contributed by atoms with Crippen LogP contribution in [0.1, 0.15) is 40.5 Å². The molecule has 0 aliphatic carbocycles. The van der Waals surface area contributed by atoms with E-state index in [1.807, 2.05) is 52.9 Å². The maximum absolute atomic E-state index is 12.9. The lowest BCUT2D eigenvalue weighted by molar-refractivity contribution is 0.0704. The highest BCUT2D eigenvalue weighted by Crippen LogP contribution is 2.27. The van der Waals surface area contributed by atoms with Crippen LogP contribution in [0.15, 0.2) is 61.3 Å². The quantitative estimate of drug-likeness (QED) is 0.528. The van der Waals surface area contributed by atoms with Gasteiger partial charge in [0.1, 0.15) is 0 Å². The molecule has 1 aliphatic heterocycles. The van der Waals surface area contributed by atoms with Crippen LogP contribution in [0.25, 0.3) is 16.8 Å². The van der Waals surface area contributed by atoms with Crippen molar-refractivity contribution in [2.75, 3.05) is 13.1 Å². The number of pyridine rings is 3. The van der Waals surface area contributed by atoms with E-state index in [2.05, 4.69) is 9.97 Å². The molecule has 1 saturated heterocycles. The summed E-state index contributed by atoms with van der Waals surface area (Å²) in [6, 6.07) is 9.87. The number of hydrogen-bond donors (Lipinski definition) is 0. The fraction of sp³-hybridized carbons (Fsp3) is 0.261. The lowest BCUT2D eigenvalue weighted by Gasteiger charge is -2.31. The number of hydrogen-bond acceptors (Lipinski definition) is 5. The van der Waals surface area contributed by atoms with E-state index in [4.69, 9.17) is 10.1 Å². The number of aromatic nitrogens is 5. The number of aryl methyl sites for hydroxylation is 1. The van der Waals surface area contributed by atoms with Crippen molar-refractivity contribution in [1.82, 2.24) is 29.5 Å². The van der Waals surface area contributed by atoms with Crippen molar-refractivity contribution < 1.29 is 4.79 Å². The van der Waals surface area contributed by atoms with Gasteiger partial charge in [0.2, 0.25) is 0 Å². The zero-order chi connectivity index (χ0) is 20.5. The average molecular weight is 398 g/mol. The minimum atomic E-state index is 0.0274. The summed E-state index contributed by atoms with van der Waals surface area (Å²) in [5.41, 5.74) is 4.59. The second-order valence-corrected chi connectivity index (χ2v) is 7.77. The summed E-state index contributed by atoms with van der Waals surface area (Å²) >= 11 is 0. The van der Waals surface area contributed by atoms with E-state index in [1.54, 1.807) is 24.8 Å². The number of carbonyl (C=O) groups excluding carboxylic acids is 1. The average Bonchev–Trinajstić information content (AvgIpc) is 3.23. The van der Waals surface area contributed by atoms with Gasteiger partial charge in [0, 0.05) is 55.6 Å². The molecule has 0 saturated carbocycles. The number of fused-ring (bicyclic) bond motifs is 1. The first-order chi connectivity index (χ1) is 14.7. The number of amides is 1. The molecule has 7 heteroatoms. The smallest absolute Gasteiger partial charge is 0.255 e. The normalized spacial score (nSPS) is 16.7. The third kappa shape index (κ3) is 3.54. The Labute approximate surface area is 174 Å². The molecule has 5 heterocycles. The van der Waals surface area contributed by atoms with E-state index in [9.17, 15) is 4.79 Å². The van der Waals surface area contributed by atoms with Crippen molar-refractivity contribution in [2.45, 2.75) is 25.7 Å². The summed E-state index contributed by atoms with van der Waals surface area (Å²) in [6.45, 7) is 3.33. The van der Waals surface area contributed by atoms with Crippen molar-refractivity contribution >= 4 is 11.6 Å². The Bertz CT molecular complexity index is 1200. The van der Waals surface area contributed by atoms with Crippen molar-refractivity contribution in [3.63, 3.8) is 0 Å². The van der Waals surface area contributed by atoms with E-state index >= 15 is 0 Å². The van der Waals surface area contributed by atoms with Crippen molar-refractivity contribution in [1.29, 1.82) is 0 Å². The standard InChI is InChI=1S/C23H22N6O/c1-16-11-20(13-25-12-16)23(30)28-10-2-3-19(14-28)22-26-21-5-4-18(15-29(21)27-22)17-6-8-24-9-7-17/h4-9,11-13,15,19H,2-3,10,14H2,1H3/t19-/m1/s1. The highest BCUT2D eigenvalue weighted by molar-refractivity contribution is 5.94. The van der Waals surface area contributed by atoms with Crippen molar-refractivity contribution in [2.24, 2.45) is 0 Å². The Morgan fingerprint density at radius 2 is 1.93 bits per heavy atom. The molecule has 0 spiro atoms. The van der Waals surface area contributed by atoms with Gasteiger partial charge in [0.05, 0.1) is 5.56 Å². The van der Waals surface area contributed by atoms with Crippen LogP contribution in [0.2, 0.25) is 0 Å². The lowest BCUT2D eigenvalue weighted by atomic mass is 9.97. The summed E-state index contributed by atoms with van der Waals surface area (Å²) in [5.74, 6) is 0.950. The summed E-state index contributed by atoms with van der Waals surface area (Å²) in [4.78, 5) is 27.8. The predicted octanol–water partition coefficient (Wildman–Crippen LogP) is 3.51. The fourth-order valence-electron chi connectivity index (χ4n) is 4.02. The van der Waals surface area contributed by atoms with E-state index in [0.29, 0.717) is 12.1 Å². The molecule has 30 heavy (non-hydrogen) atoms. The molecule has 1 aliphatic rings. The maximum atomic E-state index is 12.9. The van der Waals surface area contributed by atoms with Gasteiger partial charge in [-0.2, -0.15) is 5.10 Å². The molecular formula is C23H22N6O. The van der Waals surface area contributed by atoms with Crippen LogP contribution in [-0.2, 0) is 0 Å². The van der Waals surface area contributed by atoms with Crippen LogP contribution in [0, 0.1) is 6.92 Å². The molecule has 0 radical (unpaired) electrons. The number of carbonyl (C=O) groups is 1. The molecule has 7 nitrogen and oxygen atoms in total. The number of piperidine rings is 1. The van der Waals surface area contributed by atoms with E-state index < -0.39 is 0 Å². The van der Waals surface area contributed by atoms with Crippen LogP contribution >= 0.6 is 0 Å². The summed E-state index contributed by atoms with van der Waals surface area (Å²) in [6.07, 6.45) is 10.9. The second-order valence-electron chi connectivity index (χ2n) is 7.77. The Morgan fingerprint density at radius 1 is 1.07 bits per heavy atom. The highest BCUT2D eigenvalue weighted by atomic mass is 16.2. The third-order valence-corrected chi connectivity index (χ3v) is 5.56. The first-order valence-electron chi connectivity index (χ1n) is 10.1. The van der Waals surface area contributed by atoms with Crippen LogP contribution in [0.5, 0.6) is 0 Å². The third-order valence-electron chi connectivity index (χ3n) is 5.56. The van der Waals surface area contributed by atoms with Gasteiger partial charge in [0.25, 0.3) is 5.91 Å². The van der Waals surface area contributed by atoms with Gasteiger partial charge in [-0.1, -0.05) is 0 Å². The number of nitrogens with zero attached hydrogens (tertiary/aromatic N) is 6. The monoisotopic (exact) mass is 398 g/mol. The second kappa shape index (κ2) is 7.67. The molecule has 5 rings (SSSR count).